The maximum Gasteiger partial charge on any atom is 0.327 e. The number of aliphatic hydroxyl groups excluding tert-OH is 1. The number of carbonyl (C=O) groups is 6. The minimum Gasteiger partial charge on any atom is -0.481 e. The molecule has 0 spiro atoms. The second kappa shape index (κ2) is 13.4. The number of hydrogen-bond donors (Lipinski definition) is 9. The van der Waals surface area contributed by atoms with Crippen molar-refractivity contribution >= 4 is 48.3 Å². The summed E-state index contributed by atoms with van der Waals surface area (Å²) < 4.78 is 0. The lowest BCUT2D eigenvalue weighted by Crippen LogP contribution is -2.60. The molecule has 0 bridgehead atoms. The molecule has 15 heteroatoms. The zero-order valence-electron chi connectivity index (χ0n) is 16.5. The molecule has 0 rings (SSSR count). The van der Waals surface area contributed by atoms with E-state index in [1.807, 2.05) is 0 Å². The third-order valence-corrected chi connectivity index (χ3v) is 4.24. The number of amides is 3. The summed E-state index contributed by atoms with van der Waals surface area (Å²) in [6, 6.07) is -6.12. The molecule has 0 aliphatic carbocycles. The van der Waals surface area contributed by atoms with E-state index in [1.165, 1.54) is 0 Å². The molecule has 3 amide bonds. The third kappa shape index (κ3) is 10.6. The van der Waals surface area contributed by atoms with Gasteiger partial charge in [0.1, 0.15) is 18.1 Å². The Morgan fingerprint density at radius 1 is 0.871 bits per heavy atom. The average molecular weight is 466 g/mol. The van der Waals surface area contributed by atoms with Crippen LogP contribution in [-0.4, -0.2) is 92.1 Å². The quantitative estimate of drug-likeness (QED) is 0.114. The van der Waals surface area contributed by atoms with Gasteiger partial charge in [-0.15, -0.1) is 0 Å². The highest BCUT2D eigenvalue weighted by molar-refractivity contribution is 7.80. The van der Waals surface area contributed by atoms with E-state index >= 15 is 0 Å². The molecule has 0 saturated carbocycles. The Morgan fingerprint density at radius 2 is 1.42 bits per heavy atom. The van der Waals surface area contributed by atoms with Crippen LogP contribution in [0, 0.1) is 0 Å². The second-order valence-corrected chi connectivity index (χ2v) is 6.87. The van der Waals surface area contributed by atoms with E-state index in [0.717, 1.165) is 6.92 Å². The van der Waals surface area contributed by atoms with Gasteiger partial charge in [-0.3, -0.25) is 24.0 Å². The van der Waals surface area contributed by atoms with E-state index in [2.05, 4.69) is 28.6 Å². The Labute approximate surface area is 182 Å². The summed E-state index contributed by atoms with van der Waals surface area (Å²) in [6.07, 6.45) is -3.24. The highest BCUT2D eigenvalue weighted by atomic mass is 32.1. The van der Waals surface area contributed by atoms with Crippen LogP contribution in [0.3, 0.4) is 0 Å². The average Bonchev–Trinajstić information content (AvgIpc) is 2.65. The van der Waals surface area contributed by atoms with Crippen molar-refractivity contribution < 1.29 is 49.2 Å². The standard InChI is InChI=1S/C16H26N4O10S/c1-6(21)12(20-13(26)7(17)4-11(24)25)15(28)18-8(2-3-10(22)23)14(27)19-9(5-31)16(29)30/h6-9,12,21,31H,2-5,17H2,1H3,(H,18,28)(H,19,27)(H,20,26)(H,22,23)(H,24,25)(H,29,30). The van der Waals surface area contributed by atoms with Gasteiger partial charge < -0.3 is 42.1 Å². The van der Waals surface area contributed by atoms with Crippen LogP contribution in [0.25, 0.3) is 0 Å². The number of nitrogens with two attached hydrogens (primary N) is 1. The summed E-state index contributed by atoms with van der Waals surface area (Å²) >= 11 is 3.78. The van der Waals surface area contributed by atoms with Gasteiger partial charge >= 0.3 is 17.9 Å². The number of carboxylic acids is 3. The molecule has 5 unspecified atom stereocenters. The van der Waals surface area contributed by atoms with E-state index in [-0.39, 0.29) is 5.75 Å². The number of nitrogens with one attached hydrogen (secondary N) is 3. The van der Waals surface area contributed by atoms with Crippen LogP contribution in [0.15, 0.2) is 0 Å². The Bertz CT molecular complexity index is 702. The number of rotatable bonds is 14. The molecule has 0 radical (unpaired) electrons. The van der Waals surface area contributed by atoms with Gasteiger partial charge in [-0.25, -0.2) is 4.79 Å². The van der Waals surface area contributed by atoms with Gasteiger partial charge in [0, 0.05) is 12.2 Å². The fourth-order valence-corrected chi connectivity index (χ4v) is 2.45. The van der Waals surface area contributed by atoms with Crippen molar-refractivity contribution in [3.05, 3.63) is 0 Å². The summed E-state index contributed by atoms with van der Waals surface area (Å²) in [7, 11) is 0. The van der Waals surface area contributed by atoms with Crippen molar-refractivity contribution in [3.8, 4) is 0 Å². The SMILES string of the molecule is CC(O)C(NC(=O)C(N)CC(=O)O)C(=O)NC(CCC(=O)O)C(=O)NC(CS)C(=O)O. The van der Waals surface area contributed by atoms with E-state index in [9.17, 15) is 33.9 Å². The molecule has 0 heterocycles. The van der Waals surface area contributed by atoms with Crippen LogP contribution in [0.5, 0.6) is 0 Å². The molecular weight excluding hydrogens is 440 g/mol. The molecule has 9 N–H and O–H groups in total. The van der Waals surface area contributed by atoms with Crippen LogP contribution in [0.2, 0.25) is 0 Å². The van der Waals surface area contributed by atoms with Crippen LogP contribution in [0.1, 0.15) is 26.2 Å². The van der Waals surface area contributed by atoms with Crippen molar-refractivity contribution in [2.24, 2.45) is 5.73 Å². The van der Waals surface area contributed by atoms with Gasteiger partial charge in [0.15, 0.2) is 0 Å². The van der Waals surface area contributed by atoms with E-state index in [4.69, 9.17) is 21.1 Å². The van der Waals surface area contributed by atoms with Crippen molar-refractivity contribution in [2.45, 2.75) is 56.5 Å². The maximum atomic E-state index is 12.5. The minimum absolute atomic E-state index is 0.283. The monoisotopic (exact) mass is 466 g/mol. The van der Waals surface area contributed by atoms with Gasteiger partial charge in [-0.2, -0.15) is 12.6 Å². The van der Waals surface area contributed by atoms with Crippen molar-refractivity contribution in [1.29, 1.82) is 0 Å². The van der Waals surface area contributed by atoms with E-state index in [1.54, 1.807) is 0 Å². The third-order valence-electron chi connectivity index (χ3n) is 3.87. The smallest absolute Gasteiger partial charge is 0.327 e. The normalized spacial score (nSPS) is 15.5. The summed E-state index contributed by atoms with van der Waals surface area (Å²) in [5.41, 5.74) is 5.40. The molecule has 14 nitrogen and oxygen atoms in total. The zero-order valence-corrected chi connectivity index (χ0v) is 17.4. The molecular formula is C16H26N4O10S. The fourth-order valence-electron chi connectivity index (χ4n) is 2.20. The molecule has 0 aliphatic rings. The first-order valence-electron chi connectivity index (χ1n) is 8.92. The Kier molecular flexibility index (Phi) is 12.1. The number of thiol groups is 1. The van der Waals surface area contributed by atoms with Crippen LogP contribution < -0.4 is 21.7 Å². The molecule has 5 atom stereocenters. The molecule has 0 fully saturated rings. The highest BCUT2D eigenvalue weighted by Gasteiger charge is 2.32. The summed E-state index contributed by atoms with van der Waals surface area (Å²) in [5.74, 6) is -7.54. The first-order valence-corrected chi connectivity index (χ1v) is 9.55. The fraction of sp³-hybridized carbons (Fsp3) is 0.625. The molecule has 0 aromatic heterocycles. The number of carbonyl (C=O) groups excluding carboxylic acids is 3. The van der Waals surface area contributed by atoms with Gasteiger partial charge in [0.25, 0.3) is 0 Å². The summed E-state index contributed by atoms with van der Waals surface area (Å²) in [5, 5.41) is 42.6. The maximum absolute atomic E-state index is 12.5. The Balaban J connectivity index is 5.41. The van der Waals surface area contributed by atoms with Crippen LogP contribution >= 0.6 is 12.6 Å². The topological polar surface area (TPSA) is 245 Å². The van der Waals surface area contributed by atoms with Gasteiger partial charge in [0.2, 0.25) is 17.7 Å². The first-order chi connectivity index (χ1) is 14.3. The number of carboxylic acid groups (broad SMARTS) is 3. The highest BCUT2D eigenvalue weighted by Crippen LogP contribution is 2.03. The predicted octanol–water partition coefficient (Wildman–Crippen LogP) is -3.50. The molecule has 0 saturated heterocycles. The van der Waals surface area contributed by atoms with E-state index in [0.29, 0.717) is 0 Å². The summed E-state index contributed by atoms with van der Waals surface area (Å²) in [4.78, 5) is 69.4. The predicted molar refractivity (Wildman–Crippen MR) is 106 cm³/mol. The molecule has 176 valence electrons. The van der Waals surface area contributed by atoms with Gasteiger partial charge in [-0.05, 0) is 13.3 Å². The second-order valence-electron chi connectivity index (χ2n) is 6.51. The number of aliphatic carboxylic acids is 3. The molecule has 0 aromatic carbocycles. The lowest BCUT2D eigenvalue weighted by atomic mass is 10.1. The van der Waals surface area contributed by atoms with Crippen molar-refractivity contribution in [2.75, 3.05) is 5.75 Å². The Morgan fingerprint density at radius 3 is 1.84 bits per heavy atom. The number of hydrogen-bond acceptors (Lipinski definition) is 9. The lowest BCUT2D eigenvalue weighted by molar-refractivity contribution is -0.142. The minimum atomic E-state index is -1.66. The van der Waals surface area contributed by atoms with Crippen LogP contribution in [-0.2, 0) is 28.8 Å². The first kappa shape index (κ1) is 28.1. The van der Waals surface area contributed by atoms with Crippen molar-refractivity contribution in [3.63, 3.8) is 0 Å². The molecule has 0 aromatic rings. The Hall–Kier alpha value is -2.91. The van der Waals surface area contributed by atoms with Crippen molar-refractivity contribution in [1.82, 2.24) is 16.0 Å². The van der Waals surface area contributed by atoms with E-state index < -0.39 is 85.2 Å². The zero-order chi connectivity index (χ0) is 24.3. The van der Waals surface area contributed by atoms with Crippen LogP contribution in [0.4, 0.5) is 0 Å². The van der Waals surface area contributed by atoms with Gasteiger partial charge in [0.05, 0.1) is 18.6 Å². The lowest BCUT2D eigenvalue weighted by Gasteiger charge is -2.26. The molecule has 31 heavy (non-hydrogen) atoms. The van der Waals surface area contributed by atoms with Gasteiger partial charge in [-0.1, -0.05) is 0 Å². The number of aliphatic hydroxyl groups is 1. The molecule has 0 aliphatic heterocycles. The summed E-state index contributed by atoms with van der Waals surface area (Å²) in [6.45, 7) is 1.13. The largest absolute Gasteiger partial charge is 0.481 e.